The second-order valence-corrected chi connectivity index (χ2v) is 5.64. The number of rotatable bonds is 2. The highest BCUT2D eigenvalue weighted by Crippen LogP contribution is 2.37. The van der Waals surface area contributed by atoms with Crippen molar-refractivity contribution in [3.05, 3.63) is 68.2 Å². The van der Waals surface area contributed by atoms with Crippen molar-refractivity contribution >= 4 is 46.4 Å². The third-order valence-corrected chi connectivity index (χ3v) is 4.47. The molecule has 2 rings (SSSR count). The fourth-order valence-corrected chi connectivity index (χ4v) is 2.63. The van der Waals surface area contributed by atoms with Crippen LogP contribution in [0.3, 0.4) is 0 Å². The lowest BCUT2D eigenvalue weighted by Crippen LogP contribution is -1.95. The number of halogens is 4. The van der Waals surface area contributed by atoms with Crippen LogP contribution in [0.4, 0.5) is 0 Å². The van der Waals surface area contributed by atoms with Crippen LogP contribution in [-0.4, -0.2) is 0 Å². The molecule has 0 nitrogen and oxygen atoms in total. The number of aryl methyl sites for hydroxylation is 1. The zero-order chi connectivity index (χ0) is 13.3. The Morgan fingerprint density at radius 3 is 2.33 bits per heavy atom. The molecule has 0 amide bonds. The maximum atomic E-state index is 6.45. The average molecular weight is 320 g/mol. The van der Waals surface area contributed by atoms with Crippen molar-refractivity contribution in [2.24, 2.45) is 0 Å². The lowest BCUT2D eigenvalue weighted by Gasteiger charge is -2.14. The van der Waals surface area contributed by atoms with Gasteiger partial charge in [0.15, 0.2) is 0 Å². The van der Waals surface area contributed by atoms with Crippen molar-refractivity contribution < 1.29 is 0 Å². The van der Waals surface area contributed by atoms with E-state index < -0.39 is 0 Å². The summed E-state index contributed by atoms with van der Waals surface area (Å²) < 4.78 is 0. The predicted molar refractivity (Wildman–Crippen MR) is 80.3 cm³/mol. The van der Waals surface area contributed by atoms with E-state index in [1.54, 1.807) is 12.1 Å². The Labute approximate surface area is 126 Å². The minimum absolute atomic E-state index is 0.341. The van der Waals surface area contributed by atoms with Crippen molar-refractivity contribution in [2.45, 2.75) is 12.3 Å². The minimum Gasteiger partial charge on any atom is -0.113 e. The van der Waals surface area contributed by atoms with E-state index in [1.807, 2.05) is 31.2 Å². The molecule has 0 bridgehead atoms. The Balaban J connectivity index is 2.44. The van der Waals surface area contributed by atoms with Gasteiger partial charge in [0, 0.05) is 5.02 Å². The van der Waals surface area contributed by atoms with Crippen LogP contribution in [0.5, 0.6) is 0 Å². The van der Waals surface area contributed by atoms with Crippen LogP contribution < -0.4 is 0 Å². The summed E-state index contributed by atoms with van der Waals surface area (Å²) in [6, 6.07) is 11.1. The molecule has 0 fully saturated rings. The first-order chi connectivity index (χ1) is 8.50. The molecule has 0 aliphatic heterocycles. The molecule has 0 aromatic heterocycles. The highest BCUT2D eigenvalue weighted by atomic mass is 35.5. The van der Waals surface area contributed by atoms with E-state index in [2.05, 4.69) is 0 Å². The molecule has 2 aromatic carbocycles. The molecule has 0 heterocycles. The molecule has 0 N–H and O–H groups in total. The number of alkyl halides is 1. The van der Waals surface area contributed by atoms with Crippen molar-refractivity contribution in [3.63, 3.8) is 0 Å². The van der Waals surface area contributed by atoms with Crippen LogP contribution >= 0.6 is 46.4 Å². The van der Waals surface area contributed by atoms with Gasteiger partial charge in [-0.15, -0.1) is 11.6 Å². The summed E-state index contributed by atoms with van der Waals surface area (Å²) in [4.78, 5) is 0. The number of hydrogen-bond acceptors (Lipinski definition) is 0. The quantitative estimate of drug-likeness (QED) is 0.571. The van der Waals surface area contributed by atoms with Crippen LogP contribution in [0.1, 0.15) is 22.1 Å². The predicted octanol–water partition coefficient (Wildman–Crippen LogP) is 6.28. The molecular formula is C14H10Cl4. The van der Waals surface area contributed by atoms with E-state index in [9.17, 15) is 0 Å². The lowest BCUT2D eigenvalue weighted by molar-refractivity contribution is 1.13. The Hall–Kier alpha value is -0.400. The molecule has 1 unspecified atom stereocenters. The van der Waals surface area contributed by atoms with Gasteiger partial charge in [-0.25, -0.2) is 0 Å². The highest BCUT2D eigenvalue weighted by Gasteiger charge is 2.16. The van der Waals surface area contributed by atoms with Gasteiger partial charge in [0.25, 0.3) is 0 Å². The van der Waals surface area contributed by atoms with Gasteiger partial charge < -0.3 is 0 Å². The van der Waals surface area contributed by atoms with Gasteiger partial charge in [0.2, 0.25) is 0 Å². The fraction of sp³-hybridized carbons (Fsp3) is 0.143. The van der Waals surface area contributed by atoms with E-state index in [4.69, 9.17) is 46.4 Å². The normalized spacial score (nSPS) is 12.5. The molecule has 0 aliphatic carbocycles. The second kappa shape index (κ2) is 5.71. The first-order valence-electron chi connectivity index (χ1n) is 5.34. The van der Waals surface area contributed by atoms with Gasteiger partial charge in [0.05, 0.1) is 15.4 Å². The van der Waals surface area contributed by atoms with E-state index in [-0.39, 0.29) is 5.38 Å². The molecule has 18 heavy (non-hydrogen) atoms. The molecule has 1 atom stereocenters. The van der Waals surface area contributed by atoms with Crippen LogP contribution in [0.15, 0.2) is 36.4 Å². The summed E-state index contributed by atoms with van der Waals surface area (Å²) in [6.45, 7) is 1.95. The van der Waals surface area contributed by atoms with Crippen molar-refractivity contribution in [2.75, 3.05) is 0 Å². The Morgan fingerprint density at radius 2 is 1.67 bits per heavy atom. The van der Waals surface area contributed by atoms with Gasteiger partial charge in [-0.05, 0) is 35.7 Å². The molecule has 0 saturated carbocycles. The maximum Gasteiger partial charge on any atom is 0.0850 e. The standard InChI is InChI=1S/C14H10Cl4/c1-8-3-2-4-10(13(8)17)14(18)9-5-6-11(15)12(16)7-9/h2-7,14H,1H3. The average Bonchev–Trinajstić information content (AvgIpc) is 2.35. The Bertz CT molecular complexity index is 578. The Morgan fingerprint density at radius 1 is 0.944 bits per heavy atom. The van der Waals surface area contributed by atoms with Crippen molar-refractivity contribution in [1.82, 2.24) is 0 Å². The molecule has 0 spiro atoms. The Kier molecular flexibility index (Phi) is 4.45. The number of hydrogen-bond donors (Lipinski definition) is 0. The van der Waals surface area contributed by atoms with E-state index in [0.717, 1.165) is 16.7 Å². The highest BCUT2D eigenvalue weighted by molar-refractivity contribution is 6.42. The smallest absolute Gasteiger partial charge is 0.0850 e. The van der Waals surface area contributed by atoms with E-state index >= 15 is 0 Å². The largest absolute Gasteiger partial charge is 0.113 e. The molecule has 0 saturated heterocycles. The van der Waals surface area contributed by atoms with E-state index in [0.29, 0.717) is 15.1 Å². The zero-order valence-corrected chi connectivity index (χ0v) is 12.6. The first-order valence-corrected chi connectivity index (χ1v) is 6.91. The van der Waals surface area contributed by atoms with Gasteiger partial charge >= 0.3 is 0 Å². The SMILES string of the molecule is Cc1cccc(C(Cl)c2ccc(Cl)c(Cl)c2)c1Cl. The van der Waals surface area contributed by atoms with Gasteiger partial charge in [0.1, 0.15) is 0 Å². The lowest BCUT2D eigenvalue weighted by atomic mass is 10.0. The van der Waals surface area contributed by atoms with Gasteiger partial charge in [-0.3, -0.25) is 0 Å². The molecule has 2 aromatic rings. The summed E-state index contributed by atoms with van der Waals surface area (Å²) in [6.07, 6.45) is 0. The topological polar surface area (TPSA) is 0 Å². The summed E-state index contributed by atoms with van der Waals surface area (Å²) >= 11 is 24.6. The number of benzene rings is 2. The second-order valence-electron chi connectivity index (χ2n) is 4.01. The minimum atomic E-state index is -0.341. The molecule has 0 aliphatic rings. The third-order valence-electron chi connectivity index (χ3n) is 2.73. The first kappa shape index (κ1) is 14.0. The summed E-state index contributed by atoms with van der Waals surface area (Å²) in [5, 5.41) is 1.35. The van der Waals surface area contributed by atoms with Crippen LogP contribution in [0.2, 0.25) is 15.1 Å². The molecule has 94 valence electrons. The monoisotopic (exact) mass is 318 g/mol. The summed E-state index contributed by atoms with van der Waals surface area (Å²) in [5.41, 5.74) is 2.75. The van der Waals surface area contributed by atoms with Crippen LogP contribution in [-0.2, 0) is 0 Å². The molecule has 0 radical (unpaired) electrons. The fourth-order valence-electron chi connectivity index (χ4n) is 1.72. The summed E-state index contributed by atoms with van der Waals surface area (Å²) in [5.74, 6) is 0. The summed E-state index contributed by atoms with van der Waals surface area (Å²) in [7, 11) is 0. The molecule has 4 heteroatoms. The van der Waals surface area contributed by atoms with Crippen molar-refractivity contribution in [3.8, 4) is 0 Å². The molecular weight excluding hydrogens is 310 g/mol. The third kappa shape index (κ3) is 2.78. The van der Waals surface area contributed by atoms with Gasteiger partial charge in [-0.2, -0.15) is 0 Å². The maximum absolute atomic E-state index is 6.45. The van der Waals surface area contributed by atoms with E-state index in [1.165, 1.54) is 0 Å². The van der Waals surface area contributed by atoms with Crippen LogP contribution in [0, 0.1) is 6.92 Å². The van der Waals surface area contributed by atoms with Gasteiger partial charge in [-0.1, -0.05) is 59.1 Å². The zero-order valence-electron chi connectivity index (χ0n) is 9.55. The van der Waals surface area contributed by atoms with Crippen LogP contribution in [0.25, 0.3) is 0 Å². The van der Waals surface area contributed by atoms with Crippen molar-refractivity contribution in [1.29, 1.82) is 0 Å².